The Balaban J connectivity index is 2.73. The van der Waals surface area contributed by atoms with E-state index in [9.17, 15) is 9.50 Å². The first-order valence-electron chi connectivity index (χ1n) is 5.57. The average Bonchev–Trinajstić information content (AvgIpc) is 2.21. The van der Waals surface area contributed by atoms with Crippen LogP contribution in [-0.4, -0.2) is 11.7 Å². The molecule has 0 aliphatic carbocycles. The Morgan fingerprint density at radius 2 is 2.06 bits per heavy atom. The zero-order valence-corrected chi connectivity index (χ0v) is 11.3. The number of hydrogen-bond donors (Lipinski definition) is 1. The molecule has 0 aromatic heterocycles. The summed E-state index contributed by atoms with van der Waals surface area (Å²) in [5.41, 5.74) is 0.930. The predicted molar refractivity (Wildman–Crippen MR) is 67.8 cm³/mol. The summed E-state index contributed by atoms with van der Waals surface area (Å²) in [6.45, 7) is 4.41. The van der Waals surface area contributed by atoms with E-state index in [1.807, 2.05) is 0 Å². The predicted octanol–water partition coefficient (Wildman–Crippen LogP) is 3.79. The molecule has 1 unspecified atom stereocenters. The molecule has 0 heterocycles. The van der Waals surface area contributed by atoms with Crippen LogP contribution in [0.2, 0.25) is 0 Å². The normalized spacial score (nSPS) is 13.1. The Kier molecular flexibility index (Phi) is 5.42. The van der Waals surface area contributed by atoms with Crippen molar-refractivity contribution in [3.05, 3.63) is 34.1 Å². The monoisotopic (exact) mass is 288 g/mol. The van der Waals surface area contributed by atoms with Crippen molar-refractivity contribution in [2.75, 3.05) is 6.61 Å². The van der Waals surface area contributed by atoms with Crippen molar-refractivity contribution in [3.8, 4) is 0 Å². The molecule has 1 N–H and O–H groups in total. The minimum atomic E-state index is -0.223. The third kappa shape index (κ3) is 4.22. The number of hydrogen-bond acceptors (Lipinski definition) is 1. The summed E-state index contributed by atoms with van der Waals surface area (Å²) in [5.74, 6) is 0.530. The maximum Gasteiger partial charge on any atom is 0.123 e. The lowest BCUT2D eigenvalue weighted by Gasteiger charge is -2.17. The fourth-order valence-electron chi connectivity index (χ4n) is 1.90. The first-order chi connectivity index (χ1) is 7.52. The highest BCUT2D eigenvalue weighted by atomic mass is 79.9. The molecular formula is C13H18BrFO. The highest BCUT2D eigenvalue weighted by molar-refractivity contribution is 9.10. The molecule has 0 fully saturated rings. The Bertz CT molecular complexity index is 339. The van der Waals surface area contributed by atoms with Crippen LogP contribution in [0.25, 0.3) is 0 Å². The van der Waals surface area contributed by atoms with Gasteiger partial charge in [-0.15, -0.1) is 0 Å². The fourth-order valence-corrected chi connectivity index (χ4v) is 2.31. The molecule has 1 nitrogen and oxygen atoms in total. The molecule has 0 saturated heterocycles. The molecule has 1 rings (SSSR count). The molecular weight excluding hydrogens is 271 g/mol. The lowest BCUT2D eigenvalue weighted by atomic mass is 9.91. The van der Waals surface area contributed by atoms with Crippen LogP contribution in [0.4, 0.5) is 4.39 Å². The molecule has 0 saturated carbocycles. The maximum atomic E-state index is 13.1. The van der Waals surface area contributed by atoms with E-state index in [1.54, 1.807) is 6.07 Å². The Hall–Kier alpha value is -0.410. The molecule has 1 aromatic carbocycles. The van der Waals surface area contributed by atoms with Crippen molar-refractivity contribution in [3.63, 3.8) is 0 Å². The Morgan fingerprint density at radius 3 is 2.62 bits per heavy atom. The molecule has 0 aliphatic heterocycles. The molecule has 1 aromatic rings. The standard InChI is InChI=1S/C13H18BrFO/c1-9(2)5-10(8-16)6-11-7-12(15)3-4-13(11)14/h3-4,7,9-10,16H,5-6,8H2,1-2H3. The van der Waals surface area contributed by atoms with Crippen molar-refractivity contribution < 1.29 is 9.50 Å². The van der Waals surface area contributed by atoms with Crippen LogP contribution in [0, 0.1) is 17.7 Å². The zero-order valence-electron chi connectivity index (χ0n) is 9.71. The van der Waals surface area contributed by atoms with E-state index in [2.05, 4.69) is 29.8 Å². The Morgan fingerprint density at radius 1 is 1.38 bits per heavy atom. The smallest absolute Gasteiger partial charge is 0.123 e. The van der Waals surface area contributed by atoms with Crippen molar-refractivity contribution in [1.82, 2.24) is 0 Å². The second kappa shape index (κ2) is 6.36. The van der Waals surface area contributed by atoms with Gasteiger partial charge in [-0.1, -0.05) is 29.8 Å². The van der Waals surface area contributed by atoms with Crippen LogP contribution in [0.15, 0.2) is 22.7 Å². The quantitative estimate of drug-likeness (QED) is 0.874. The second-order valence-electron chi connectivity index (χ2n) is 4.62. The topological polar surface area (TPSA) is 20.2 Å². The van der Waals surface area contributed by atoms with Crippen molar-refractivity contribution in [2.24, 2.45) is 11.8 Å². The number of aliphatic hydroxyl groups is 1. The van der Waals surface area contributed by atoms with Gasteiger partial charge in [-0.25, -0.2) is 4.39 Å². The van der Waals surface area contributed by atoms with Crippen LogP contribution >= 0.6 is 15.9 Å². The number of rotatable bonds is 5. The fraction of sp³-hybridized carbons (Fsp3) is 0.538. The molecule has 16 heavy (non-hydrogen) atoms. The second-order valence-corrected chi connectivity index (χ2v) is 5.47. The van der Waals surface area contributed by atoms with Crippen LogP contribution in [-0.2, 0) is 6.42 Å². The molecule has 0 amide bonds. The molecule has 3 heteroatoms. The van der Waals surface area contributed by atoms with Gasteiger partial charge in [0.1, 0.15) is 5.82 Å². The van der Waals surface area contributed by atoms with Crippen LogP contribution in [0.3, 0.4) is 0 Å². The van der Waals surface area contributed by atoms with Gasteiger partial charge in [0.05, 0.1) is 0 Å². The summed E-state index contributed by atoms with van der Waals surface area (Å²) in [6, 6.07) is 4.69. The summed E-state index contributed by atoms with van der Waals surface area (Å²) in [7, 11) is 0. The van der Waals surface area contributed by atoms with Gasteiger partial charge >= 0.3 is 0 Å². The van der Waals surface area contributed by atoms with E-state index >= 15 is 0 Å². The van der Waals surface area contributed by atoms with Gasteiger partial charge in [0.25, 0.3) is 0 Å². The summed E-state index contributed by atoms with van der Waals surface area (Å²) < 4.78 is 14.0. The third-order valence-electron chi connectivity index (χ3n) is 2.58. The Labute approximate surface area is 105 Å². The van der Waals surface area contributed by atoms with Crippen molar-refractivity contribution >= 4 is 15.9 Å². The van der Waals surface area contributed by atoms with E-state index in [-0.39, 0.29) is 18.3 Å². The molecule has 90 valence electrons. The van der Waals surface area contributed by atoms with Gasteiger partial charge in [-0.2, -0.15) is 0 Å². The first-order valence-corrected chi connectivity index (χ1v) is 6.37. The lowest BCUT2D eigenvalue weighted by molar-refractivity contribution is 0.205. The first kappa shape index (κ1) is 13.7. The van der Waals surface area contributed by atoms with Crippen LogP contribution in [0.5, 0.6) is 0 Å². The van der Waals surface area contributed by atoms with E-state index in [4.69, 9.17) is 0 Å². The van der Waals surface area contributed by atoms with Gasteiger partial charge in [-0.05, 0) is 48.4 Å². The third-order valence-corrected chi connectivity index (χ3v) is 3.35. The molecule has 0 spiro atoms. The van der Waals surface area contributed by atoms with Gasteiger partial charge in [0.2, 0.25) is 0 Å². The number of benzene rings is 1. The highest BCUT2D eigenvalue weighted by Gasteiger charge is 2.13. The number of halogens is 2. The number of aliphatic hydroxyl groups excluding tert-OH is 1. The van der Waals surface area contributed by atoms with Crippen LogP contribution < -0.4 is 0 Å². The summed E-state index contributed by atoms with van der Waals surface area (Å²) in [5, 5.41) is 9.29. The minimum Gasteiger partial charge on any atom is -0.396 e. The van der Waals surface area contributed by atoms with Gasteiger partial charge in [0, 0.05) is 11.1 Å². The summed E-state index contributed by atoms with van der Waals surface area (Å²) in [4.78, 5) is 0. The van der Waals surface area contributed by atoms with E-state index in [0.717, 1.165) is 16.5 Å². The van der Waals surface area contributed by atoms with E-state index in [1.165, 1.54) is 12.1 Å². The molecule has 0 radical (unpaired) electrons. The van der Waals surface area contributed by atoms with Gasteiger partial charge in [0.15, 0.2) is 0 Å². The van der Waals surface area contributed by atoms with Crippen molar-refractivity contribution in [2.45, 2.75) is 26.7 Å². The summed E-state index contributed by atoms with van der Waals surface area (Å²) in [6.07, 6.45) is 1.67. The highest BCUT2D eigenvalue weighted by Crippen LogP contribution is 2.23. The molecule has 0 bridgehead atoms. The van der Waals surface area contributed by atoms with E-state index in [0.29, 0.717) is 12.3 Å². The average molecular weight is 289 g/mol. The molecule has 0 aliphatic rings. The summed E-state index contributed by atoms with van der Waals surface area (Å²) >= 11 is 3.41. The van der Waals surface area contributed by atoms with Crippen LogP contribution in [0.1, 0.15) is 25.8 Å². The largest absolute Gasteiger partial charge is 0.396 e. The maximum absolute atomic E-state index is 13.1. The molecule has 1 atom stereocenters. The van der Waals surface area contributed by atoms with Crippen molar-refractivity contribution in [1.29, 1.82) is 0 Å². The SMILES string of the molecule is CC(C)CC(CO)Cc1cc(F)ccc1Br. The lowest BCUT2D eigenvalue weighted by Crippen LogP contribution is -2.13. The van der Waals surface area contributed by atoms with Gasteiger partial charge in [-0.3, -0.25) is 0 Å². The zero-order chi connectivity index (χ0) is 12.1. The minimum absolute atomic E-state index is 0.154. The van der Waals surface area contributed by atoms with Gasteiger partial charge < -0.3 is 5.11 Å². The van der Waals surface area contributed by atoms with E-state index < -0.39 is 0 Å².